The molecule has 0 aliphatic heterocycles. The first-order valence-corrected chi connectivity index (χ1v) is 35.0. The molecule has 0 fully saturated rings. The maximum absolute atomic E-state index is 13.0. The van der Waals surface area contributed by atoms with Crippen molar-refractivity contribution in [1.29, 1.82) is 0 Å². The number of unbranched alkanes of at least 4 members (excludes halogenated alkanes) is 32. The molecule has 0 saturated carbocycles. The number of hydrogen-bond acceptors (Lipinski definition) is 6. The minimum absolute atomic E-state index is 0.0932. The molecule has 0 rings (SSSR count). The van der Waals surface area contributed by atoms with Gasteiger partial charge in [-0.15, -0.1) is 0 Å². The number of hydrogen-bond donors (Lipinski definition) is 0. The quantitative estimate of drug-likeness (QED) is 0.0261. The summed E-state index contributed by atoms with van der Waals surface area (Å²) in [6, 6.07) is 0. The molecule has 1 unspecified atom stereocenters. The highest BCUT2D eigenvalue weighted by Gasteiger charge is 2.19. The van der Waals surface area contributed by atoms with E-state index in [2.05, 4.69) is 142 Å². The van der Waals surface area contributed by atoms with E-state index in [4.69, 9.17) is 14.2 Å². The molecule has 1 atom stereocenters. The van der Waals surface area contributed by atoms with E-state index in [0.29, 0.717) is 19.3 Å². The molecule has 6 nitrogen and oxygen atoms in total. The predicted molar refractivity (Wildman–Crippen MR) is 362 cm³/mol. The van der Waals surface area contributed by atoms with Gasteiger partial charge in [-0.1, -0.05) is 322 Å². The molecule has 6 heteroatoms. The number of carbonyl (C=O) groups excluding carboxylic acids is 3. The molecule has 0 radical (unpaired) electrons. The molecule has 0 heterocycles. The third-order valence-corrected chi connectivity index (χ3v) is 15.0. The van der Waals surface area contributed by atoms with E-state index in [1.165, 1.54) is 154 Å². The summed E-state index contributed by atoms with van der Waals surface area (Å²) in [4.78, 5) is 38.4. The van der Waals surface area contributed by atoms with Crippen LogP contribution in [0, 0.1) is 0 Å². The SMILES string of the molecule is CC/C=C\C/C=C\C/C=C\C/C=C\C/C=C\C/C=C\C/C=C\CCCCCCCCCC(=O)OCC(COC(=O)CCCCC/C=C\C/C=C\C/C=C\CC)OC(=O)CCCCCCCCCCCCCCCCCCCCCCCCC. The van der Waals surface area contributed by atoms with Crippen molar-refractivity contribution in [3.05, 3.63) is 122 Å². The second-order valence-corrected chi connectivity index (χ2v) is 23.0. The Morgan fingerprint density at radius 1 is 0.253 bits per heavy atom. The molecular formula is C77H130O6. The topological polar surface area (TPSA) is 78.9 Å². The molecule has 0 amide bonds. The lowest BCUT2D eigenvalue weighted by molar-refractivity contribution is -0.167. The van der Waals surface area contributed by atoms with E-state index in [1.54, 1.807) is 0 Å². The van der Waals surface area contributed by atoms with Gasteiger partial charge in [0.15, 0.2) is 6.10 Å². The van der Waals surface area contributed by atoms with Gasteiger partial charge in [0, 0.05) is 19.3 Å². The van der Waals surface area contributed by atoms with Crippen LogP contribution in [0.2, 0.25) is 0 Å². The van der Waals surface area contributed by atoms with Crippen LogP contribution in [0.15, 0.2) is 122 Å². The van der Waals surface area contributed by atoms with Crippen molar-refractivity contribution in [2.24, 2.45) is 0 Å². The molecule has 0 aromatic carbocycles. The van der Waals surface area contributed by atoms with Crippen molar-refractivity contribution in [2.75, 3.05) is 13.2 Å². The third kappa shape index (κ3) is 68.5. The van der Waals surface area contributed by atoms with Gasteiger partial charge in [-0.2, -0.15) is 0 Å². The van der Waals surface area contributed by atoms with Gasteiger partial charge in [-0.3, -0.25) is 14.4 Å². The first kappa shape index (κ1) is 78.8. The standard InChI is InChI=1S/C77H130O6/c1-4-7-10-13-16-19-22-25-27-29-31-33-35-36-37-38-39-40-42-43-45-47-49-52-55-58-61-64-67-70-76(79)82-73-74(72-81-75(78)69-66-63-60-57-54-51-24-21-18-15-12-9-6-3)83-77(80)71-68-65-62-59-56-53-50-48-46-44-41-34-32-30-28-26-23-20-17-14-11-8-5-2/h7,9-10,12,16,18-19,21,25,27,31,33,36-37,39-40,43,45,51,54,74H,4-6,8,11,13-15,17,20,22-24,26,28-30,32,34-35,38,41-42,44,46-50,52-53,55-73H2,1-3H3/b10-7-,12-9-,19-16-,21-18-,27-25-,33-31-,37-36-,40-39-,45-43-,54-51-. The van der Waals surface area contributed by atoms with Crippen LogP contribution >= 0.6 is 0 Å². The van der Waals surface area contributed by atoms with Crippen LogP contribution in [0.4, 0.5) is 0 Å². The Bertz CT molecular complexity index is 1700. The van der Waals surface area contributed by atoms with Crippen molar-refractivity contribution < 1.29 is 28.6 Å². The summed E-state index contributed by atoms with van der Waals surface area (Å²) in [5.74, 6) is -0.921. The Hall–Kier alpha value is -4.19. The highest BCUT2D eigenvalue weighted by atomic mass is 16.6. The van der Waals surface area contributed by atoms with Crippen LogP contribution in [0.1, 0.15) is 329 Å². The molecule has 0 aliphatic carbocycles. The van der Waals surface area contributed by atoms with Crippen LogP contribution in [0.5, 0.6) is 0 Å². The largest absolute Gasteiger partial charge is 0.462 e. The van der Waals surface area contributed by atoms with Gasteiger partial charge in [0.2, 0.25) is 0 Å². The molecule has 0 spiro atoms. The summed E-state index contributed by atoms with van der Waals surface area (Å²) in [6.45, 7) is 6.41. The maximum atomic E-state index is 13.0. The maximum Gasteiger partial charge on any atom is 0.306 e. The molecule has 0 N–H and O–H groups in total. The summed E-state index contributed by atoms with van der Waals surface area (Å²) in [6.07, 6.45) is 98.0. The molecular weight excluding hydrogens is 1020 g/mol. The summed E-state index contributed by atoms with van der Waals surface area (Å²) in [7, 11) is 0. The van der Waals surface area contributed by atoms with Crippen molar-refractivity contribution in [2.45, 2.75) is 335 Å². The zero-order valence-electron chi connectivity index (χ0n) is 54.4. The van der Waals surface area contributed by atoms with Gasteiger partial charge in [0.1, 0.15) is 13.2 Å². The first-order chi connectivity index (χ1) is 41.0. The van der Waals surface area contributed by atoms with Gasteiger partial charge >= 0.3 is 17.9 Å². The van der Waals surface area contributed by atoms with Crippen molar-refractivity contribution >= 4 is 17.9 Å². The van der Waals surface area contributed by atoms with Gasteiger partial charge in [0.25, 0.3) is 0 Å². The number of allylic oxidation sites excluding steroid dienone is 20. The average Bonchev–Trinajstić information content (AvgIpc) is 3.49. The zero-order chi connectivity index (χ0) is 59.9. The lowest BCUT2D eigenvalue weighted by Gasteiger charge is -2.18. The fourth-order valence-corrected chi connectivity index (χ4v) is 9.79. The van der Waals surface area contributed by atoms with Gasteiger partial charge in [-0.05, 0) is 109 Å². The fourth-order valence-electron chi connectivity index (χ4n) is 9.79. The second kappa shape index (κ2) is 70.3. The van der Waals surface area contributed by atoms with Gasteiger partial charge in [-0.25, -0.2) is 0 Å². The van der Waals surface area contributed by atoms with Crippen LogP contribution in [0.3, 0.4) is 0 Å². The number of esters is 3. The number of ether oxygens (including phenoxy) is 3. The third-order valence-electron chi connectivity index (χ3n) is 15.0. The monoisotopic (exact) mass is 1150 g/mol. The molecule has 0 aromatic heterocycles. The normalized spacial score (nSPS) is 12.9. The van der Waals surface area contributed by atoms with Crippen molar-refractivity contribution in [3.63, 3.8) is 0 Å². The summed E-state index contributed by atoms with van der Waals surface area (Å²) in [5.41, 5.74) is 0. The van der Waals surface area contributed by atoms with Crippen molar-refractivity contribution in [1.82, 2.24) is 0 Å². The van der Waals surface area contributed by atoms with E-state index < -0.39 is 6.10 Å². The van der Waals surface area contributed by atoms with Crippen LogP contribution < -0.4 is 0 Å². The van der Waals surface area contributed by atoms with Crippen LogP contribution in [-0.2, 0) is 28.6 Å². The van der Waals surface area contributed by atoms with Gasteiger partial charge < -0.3 is 14.2 Å². The minimum Gasteiger partial charge on any atom is -0.462 e. The summed E-state index contributed by atoms with van der Waals surface area (Å²) in [5, 5.41) is 0. The number of carbonyl (C=O) groups is 3. The summed E-state index contributed by atoms with van der Waals surface area (Å²) < 4.78 is 16.9. The van der Waals surface area contributed by atoms with Gasteiger partial charge in [0.05, 0.1) is 0 Å². The second-order valence-electron chi connectivity index (χ2n) is 23.0. The Morgan fingerprint density at radius 3 is 0.747 bits per heavy atom. The lowest BCUT2D eigenvalue weighted by atomic mass is 10.0. The van der Waals surface area contributed by atoms with E-state index >= 15 is 0 Å². The molecule has 83 heavy (non-hydrogen) atoms. The summed E-state index contributed by atoms with van der Waals surface area (Å²) >= 11 is 0. The Labute approximate surface area is 513 Å². The van der Waals surface area contributed by atoms with E-state index in [1.807, 2.05) is 0 Å². The average molecular weight is 1150 g/mol. The minimum atomic E-state index is -0.798. The molecule has 0 saturated heterocycles. The number of rotatable bonds is 63. The van der Waals surface area contributed by atoms with Crippen molar-refractivity contribution in [3.8, 4) is 0 Å². The Balaban J connectivity index is 4.33. The smallest absolute Gasteiger partial charge is 0.306 e. The molecule has 0 aromatic rings. The molecule has 0 aliphatic rings. The highest BCUT2D eigenvalue weighted by Crippen LogP contribution is 2.17. The van der Waals surface area contributed by atoms with E-state index in [-0.39, 0.29) is 31.1 Å². The molecule has 0 bridgehead atoms. The zero-order valence-corrected chi connectivity index (χ0v) is 54.4. The van der Waals surface area contributed by atoms with E-state index in [0.717, 1.165) is 135 Å². The van der Waals surface area contributed by atoms with E-state index in [9.17, 15) is 14.4 Å². The Kier molecular flexibility index (Phi) is 66.7. The predicted octanol–water partition coefficient (Wildman–Crippen LogP) is 24.3. The fraction of sp³-hybridized carbons (Fsp3) is 0.701. The highest BCUT2D eigenvalue weighted by molar-refractivity contribution is 5.71. The van der Waals surface area contributed by atoms with Crippen LogP contribution in [-0.4, -0.2) is 37.2 Å². The first-order valence-electron chi connectivity index (χ1n) is 35.0. The lowest BCUT2D eigenvalue weighted by Crippen LogP contribution is -2.30. The molecule has 474 valence electrons. The van der Waals surface area contributed by atoms with Crippen LogP contribution in [0.25, 0.3) is 0 Å². The Morgan fingerprint density at radius 2 is 0.470 bits per heavy atom.